The summed E-state index contributed by atoms with van der Waals surface area (Å²) in [6, 6.07) is 8.92. The Balaban J connectivity index is 1.72. The van der Waals surface area contributed by atoms with E-state index in [9.17, 15) is 13.2 Å². The Labute approximate surface area is 189 Å². The molecule has 1 aromatic carbocycles. The van der Waals surface area contributed by atoms with E-state index < -0.39 is 10.0 Å². The number of carbonyl (C=O) groups excluding carboxylic acids is 1. The second-order valence-corrected chi connectivity index (χ2v) is 10.1. The summed E-state index contributed by atoms with van der Waals surface area (Å²) in [4.78, 5) is 21.3. The van der Waals surface area contributed by atoms with Gasteiger partial charge in [-0.05, 0) is 42.7 Å². The molecule has 8 nitrogen and oxygen atoms in total. The number of fused-ring (bicyclic) bond motifs is 1. The van der Waals surface area contributed by atoms with Crippen LogP contribution in [0.4, 0.5) is 0 Å². The second-order valence-electron chi connectivity index (χ2n) is 7.93. The molecule has 0 aliphatic carbocycles. The van der Waals surface area contributed by atoms with Gasteiger partial charge in [0.25, 0.3) is 0 Å². The smallest absolute Gasteiger partial charge is 0.242 e. The molecule has 9 heteroatoms. The van der Waals surface area contributed by atoms with Gasteiger partial charge in [0.2, 0.25) is 15.9 Å². The third-order valence-corrected chi connectivity index (χ3v) is 7.16. The van der Waals surface area contributed by atoms with E-state index >= 15 is 0 Å². The van der Waals surface area contributed by atoms with Gasteiger partial charge in [0.15, 0.2) is 0 Å². The maximum atomic E-state index is 12.5. The van der Waals surface area contributed by atoms with Crippen molar-refractivity contribution in [2.24, 2.45) is 0 Å². The molecule has 0 aliphatic rings. The minimum absolute atomic E-state index is 0.0288. The van der Waals surface area contributed by atoms with Crippen LogP contribution >= 0.6 is 0 Å². The first-order valence-corrected chi connectivity index (χ1v) is 12.3. The van der Waals surface area contributed by atoms with Gasteiger partial charge in [0, 0.05) is 52.4 Å². The fraction of sp³-hybridized carbons (Fsp3) is 0.435. The molecule has 2 heterocycles. The fourth-order valence-corrected chi connectivity index (χ4v) is 4.42. The molecule has 0 unspecified atom stereocenters. The lowest BCUT2D eigenvalue weighted by Crippen LogP contribution is -2.26. The Hall–Kier alpha value is -2.78. The lowest BCUT2D eigenvalue weighted by molar-refractivity contribution is -0.121. The van der Waals surface area contributed by atoms with Crippen LogP contribution in [0, 0.1) is 0 Å². The Bertz CT molecular complexity index is 1160. The molecule has 1 amide bonds. The van der Waals surface area contributed by atoms with Crippen molar-refractivity contribution < 1.29 is 13.2 Å². The van der Waals surface area contributed by atoms with Crippen molar-refractivity contribution in [3.05, 3.63) is 54.1 Å². The highest BCUT2D eigenvalue weighted by atomic mass is 32.2. The van der Waals surface area contributed by atoms with E-state index in [0.717, 1.165) is 42.7 Å². The summed E-state index contributed by atoms with van der Waals surface area (Å²) >= 11 is 0. The van der Waals surface area contributed by atoms with E-state index in [1.807, 2.05) is 18.2 Å². The number of nitrogens with zero attached hydrogens (tertiary/aromatic N) is 4. The molecule has 3 rings (SSSR count). The monoisotopic (exact) mass is 457 g/mol. The fourth-order valence-electron chi connectivity index (χ4n) is 3.49. The van der Waals surface area contributed by atoms with Crippen LogP contribution in [0.2, 0.25) is 0 Å². The molecule has 172 valence electrons. The van der Waals surface area contributed by atoms with Gasteiger partial charge in [-0.25, -0.2) is 17.7 Å². The molecular weight excluding hydrogens is 426 g/mol. The normalized spacial score (nSPS) is 11.9. The molecule has 0 saturated heterocycles. The number of hydrogen-bond donors (Lipinski definition) is 1. The van der Waals surface area contributed by atoms with E-state index in [-0.39, 0.29) is 10.8 Å². The Morgan fingerprint density at radius 2 is 2.00 bits per heavy atom. The third-order valence-electron chi connectivity index (χ3n) is 5.35. The standard InChI is InChI=1S/C23H31N5O3S/c1-4-5-15-28-21-9-8-19(32(30,31)27(2)3)16-20(21)26-22(28)10-11-23(29)25-14-12-18-7-6-13-24-17-18/h6-9,13,16-17H,4-5,10-12,14-15H2,1-3H3,(H,25,29). The summed E-state index contributed by atoms with van der Waals surface area (Å²) in [5, 5.41) is 2.95. The van der Waals surface area contributed by atoms with E-state index in [1.54, 1.807) is 24.5 Å². The molecule has 0 radical (unpaired) electrons. The van der Waals surface area contributed by atoms with Gasteiger partial charge < -0.3 is 9.88 Å². The summed E-state index contributed by atoms with van der Waals surface area (Å²) in [6.45, 7) is 3.46. The quantitative estimate of drug-likeness (QED) is 0.478. The first-order valence-electron chi connectivity index (χ1n) is 10.9. The topological polar surface area (TPSA) is 97.2 Å². The SMILES string of the molecule is CCCCn1c(CCC(=O)NCCc2cccnc2)nc2cc(S(=O)(=O)N(C)C)ccc21. The number of aryl methyl sites for hydroxylation is 2. The summed E-state index contributed by atoms with van der Waals surface area (Å²) in [5.41, 5.74) is 2.61. The highest BCUT2D eigenvalue weighted by molar-refractivity contribution is 7.89. The molecule has 0 fully saturated rings. The largest absolute Gasteiger partial charge is 0.356 e. The van der Waals surface area contributed by atoms with Crippen molar-refractivity contribution in [1.82, 2.24) is 24.2 Å². The zero-order valence-electron chi connectivity index (χ0n) is 18.9. The summed E-state index contributed by atoms with van der Waals surface area (Å²) in [6.07, 6.45) is 7.09. The number of benzene rings is 1. The third kappa shape index (κ3) is 5.72. The van der Waals surface area contributed by atoms with E-state index in [0.29, 0.717) is 24.9 Å². The van der Waals surface area contributed by atoms with Crippen LogP contribution in [-0.2, 0) is 34.2 Å². The van der Waals surface area contributed by atoms with Gasteiger partial charge in [0.1, 0.15) is 5.82 Å². The van der Waals surface area contributed by atoms with Crippen LogP contribution in [-0.4, -0.2) is 53.8 Å². The van der Waals surface area contributed by atoms with Crippen LogP contribution in [0.15, 0.2) is 47.6 Å². The van der Waals surface area contributed by atoms with Gasteiger partial charge in [-0.2, -0.15) is 0 Å². The second kappa shape index (κ2) is 10.7. The Morgan fingerprint density at radius 3 is 2.69 bits per heavy atom. The molecule has 3 aromatic rings. The van der Waals surface area contributed by atoms with Crippen molar-refractivity contribution in [2.45, 2.75) is 50.5 Å². The van der Waals surface area contributed by atoms with E-state index in [4.69, 9.17) is 4.98 Å². The highest BCUT2D eigenvalue weighted by Crippen LogP contribution is 2.23. The zero-order valence-corrected chi connectivity index (χ0v) is 19.7. The molecule has 1 N–H and O–H groups in total. The molecule has 0 atom stereocenters. The predicted molar refractivity (Wildman–Crippen MR) is 125 cm³/mol. The number of unbranched alkanes of at least 4 members (excludes halogenated alkanes) is 1. The van der Waals surface area contributed by atoms with Crippen LogP contribution in [0.3, 0.4) is 0 Å². The maximum absolute atomic E-state index is 12.5. The molecule has 0 spiro atoms. The number of nitrogens with one attached hydrogen (secondary N) is 1. The molecular formula is C23H31N5O3S. The van der Waals surface area contributed by atoms with Gasteiger partial charge in [-0.3, -0.25) is 9.78 Å². The van der Waals surface area contributed by atoms with Crippen LogP contribution in [0.1, 0.15) is 37.6 Å². The molecule has 32 heavy (non-hydrogen) atoms. The van der Waals surface area contributed by atoms with E-state index in [1.165, 1.54) is 18.4 Å². The number of aromatic nitrogens is 3. The lowest BCUT2D eigenvalue weighted by atomic mass is 10.2. The number of hydrogen-bond acceptors (Lipinski definition) is 5. The minimum atomic E-state index is -3.53. The molecule has 0 aliphatic heterocycles. The number of rotatable bonds is 11. The molecule has 0 bridgehead atoms. The summed E-state index contributed by atoms with van der Waals surface area (Å²) in [5.74, 6) is 0.772. The number of amides is 1. The number of pyridine rings is 1. The predicted octanol–water partition coefficient (Wildman–Crippen LogP) is 2.77. The Morgan fingerprint density at radius 1 is 1.19 bits per heavy atom. The minimum Gasteiger partial charge on any atom is -0.356 e. The van der Waals surface area contributed by atoms with E-state index in [2.05, 4.69) is 21.8 Å². The first kappa shape index (κ1) is 23.9. The number of imidazole rings is 1. The van der Waals surface area contributed by atoms with Crippen molar-refractivity contribution in [3.8, 4) is 0 Å². The average molecular weight is 458 g/mol. The maximum Gasteiger partial charge on any atom is 0.242 e. The molecule has 2 aromatic heterocycles. The lowest BCUT2D eigenvalue weighted by Gasteiger charge is -2.11. The van der Waals surface area contributed by atoms with Gasteiger partial charge in [-0.15, -0.1) is 0 Å². The first-order chi connectivity index (χ1) is 15.3. The van der Waals surface area contributed by atoms with Crippen molar-refractivity contribution >= 4 is 27.0 Å². The van der Waals surface area contributed by atoms with Crippen LogP contribution in [0.5, 0.6) is 0 Å². The highest BCUT2D eigenvalue weighted by Gasteiger charge is 2.20. The summed E-state index contributed by atoms with van der Waals surface area (Å²) in [7, 11) is -0.509. The Kier molecular flexibility index (Phi) is 7.98. The molecule has 0 saturated carbocycles. The average Bonchev–Trinajstić information content (AvgIpc) is 3.13. The summed E-state index contributed by atoms with van der Waals surface area (Å²) < 4.78 is 28.3. The van der Waals surface area contributed by atoms with Crippen LogP contribution in [0.25, 0.3) is 11.0 Å². The van der Waals surface area contributed by atoms with Crippen molar-refractivity contribution in [1.29, 1.82) is 0 Å². The number of sulfonamides is 1. The van der Waals surface area contributed by atoms with Gasteiger partial charge >= 0.3 is 0 Å². The van der Waals surface area contributed by atoms with Crippen molar-refractivity contribution in [2.75, 3.05) is 20.6 Å². The van der Waals surface area contributed by atoms with Gasteiger partial charge in [-0.1, -0.05) is 19.4 Å². The number of carbonyl (C=O) groups is 1. The van der Waals surface area contributed by atoms with Gasteiger partial charge in [0.05, 0.1) is 15.9 Å². The van der Waals surface area contributed by atoms with Crippen LogP contribution < -0.4 is 5.32 Å². The zero-order chi connectivity index (χ0) is 23.1. The van der Waals surface area contributed by atoms with Crippen molar-refractivity contribution in [3.63, 3.8) is 0 Å².